The summed E-state index contributed by atoms with van der Waals surface area (Å²) in [5.74, 6) is 2.14. The molecule has 0 spiro atoms. The summed E-state index contributed by atoms with van der Waals surface area (Å²) in [7, 11) is 0. The van der Waals surface area contributed by atoms with Gasteiger partial charge < -0.3 is 31.9 Å². The molecule has 17 aliphatic rings. The first-order valence-electron chi connectivity index (χ1n) is 34.3. The number of rotatable bonds is 11. The van der Waals surface area contributed by atoms with Gasteiger partial charge in [0.2, 0.25) is 0 Å². The summed E-state index contributed by atoms with van der Waals surface area (Å²) in [6, 6.07) is 34.5. The van der Waals surface area contributed by atoms with Crippen LogP contribution in [0.1, 0.15) is 223 Å². The second kappa shape index (κ2) is 18.9. The molecule has 13 aliphatic carbocycles. The van der Waals surface area contributed by atoms with E-state index in [0.717, 1.165) is 44.4 Å². The van der Waals surface area contributed by atoms with Crippen LogP contribution in [0.2, 0.25) is 0 Å². The van der Waals surface area contributed by atoms with E-state index in [1.165, 1.54) is 182 Å². The molecule has 0 radical (unpaired) electrons. The number of nitrogens with zero attached hydrogens (tertiary/aromatic N) is 2. The molecule has 17 fully saturated rings. The predicted octanol–water partition coefficient (Wildman–Crippen LogP) is 14.8. The van der Waals surface area contributed by atoms with E-state index in [0.29, 0.717) is 23.4 Å². The van der Waals surface area contributed by atoms with Crippen molar-refractivity contribution in [3.8, 4) is 0 Å². The Kier molecular flexibility index (Phi) is 12.7. The average Bonchev–Trinajstić information content (AvgIpc) is 0.700. The van der Waals surface area contributed by atoms with Gasteiger partial charge in [-0.1, -0.05) is 150 Å². The lowest BCUT2D eigenvalue weighted by Crippen LogP contribution is -2.68. The minimum atomic E-state index is -0.0407. The monoisotopic (exact) mass is 1180 g/mol. The Morgan fingerprint density at radius 3 is 1.45 bits per heavy atom. The molecule has 0 amide bonds. The van der Waals surface area contributed by atoms with Crippen molar-refractivity contribution in [2.45, 2.75) is 240 Å². The second-order valence-electron chi connectivity index (χ2n) is 35.6. The van der Waals surface area contributed by atoms with Crippen LogP contribution in [0.25, 0.3) is 0 Å². The van der Waals surface area contributed by atoms with Crippen molar-refractivity contribution in [3.05, 3.63) is 107 Å². The maximum Gasteiger partial charge on any atom is 0.0842 e. The number of piperidine rings is 4. The van der Waals surface area contributed by atoms with Gasteiger partial charge in [-0.15, -0.1) is 0 Å². The molecule has 4 heterocycles. The van der Waals surface area contributed by atoms with E-state index in [2.05, 4.69) is 134 Å². The Morgan fingerprint density at radius 2 is 0.964 bits per heavy atom. The fraction of sp³-hybridized carbons (Fsp3) is 0.720. The molecule has 14 atom stereocenters. The van der Waals surface area contributed by atoms with Gasteiger partial charge in [0, 0.05) is 54.0 Å². The van der Waals surface area contributed by atoms with Crippen molar-refractivity contribution in [1.82, 2.24) is 20.4 Å². The molecule has 9 heteroatoms. The highest BCUT2D eigenvalue weighted by atomic mass is 32.1. The highest BCUT2D eigenvalue weighted by Gasteiger charge is 2.71. The first kappa shape index (κ1) is 56.4. The largest absolute Gasteiger partial charge is 0.376 e. The number of benzene rings is 3. The van der Waals surface area contributed by atoms with Crippen LogP contribution in [0.5, 0.6) is 0 Å². The van der Waals surface area contributed by atoms with Crippen LogP contribution in [-0.2, 0) is 27.1 Å². The first-order chi connectivity index (χ1) is 40.0. The SMILES string of the molecule is CC1(C)CN(C(=S)C23CC4C[C@@](C)(C2)C[C@](c2ccc(C56CC7(C(=S)N[C@H]8CN9CCC8CC9)C[C@](C)(C5)C[C@@](c5ccc(C89CC%10(C(=S)N[C@H]%11CC[C@H](CN)CC%11)C[C@](C)(C8)C[C@@](c8ccccc8)(C%10)C9)cc5)(C7)C6)cc2)(C4)C3)CC[C@@H]1N. The van der Waals surface area contributed by atoms with E-state index in [1.54, 1.807) is 27.8 Å². The van der Waals surface area contributed by atoms with E-state index >= 15 is 0 Å². The maximum absolute atomic E-state index is 7.02. The molecular formula is C75H102N6S3. The molecule has 450 valence electrons. The van der Waals surface area contributed by atoms with Gasteiger partial charge in [-0.3, -0.25) is 0 Å². The fourth-order valence-corrected chi connectivity index (χ4v) is 28.0. The Labute approximate surface area is 522 Å². The number of thiocarbonyl (C=S) groups is 3. The smallest absolute Gasteiger partial charge is 0.0842 e. The van der Waals surface area contributed by atoms with Gasteiger partial charge in [-0.05, 0) is 274 Å². The normalized spacial score (nSPS) is 47.9. The lowest BCUT2D eigenvalue weighted by atomic mass is 9.33. The standard InChI is InChI=1S/C75H102N6S3/c1-64(2)49-81(28-25-60(64)77)63(84)69-31-51-29-65(3,35-69)34-68(30-51,42-69)54-13-15-55(16-14-54)72-38-67(5)39-73(44-72,48-75(41-67,47-72)62(83)79-59-33-80-26-23-52(59)24-27-80)57-19-17-56(18-20-57)71-37-66(4)36-70(43-71,53-9-7-6-8-10-53)45-74(40-66,46-71)61(82)78-58-21-11-50(32-76)12-22-58/h6-10,13-20,50-52,58-60H,11-12,21-49,76-77H2,1-5H3,(H,78,82)(H,79,83)/t50-,51?,58-,59-,60-,65+,66-,67+,68+,69?,70-,71?,72?,73-,74?,75?/m0/s1. The molecule has 6 unspecified atom stereocenters. The van der Waals surface area contributed by atoms with Gasteiger partial charge in [0.15, 0.2) is 0 Å². The highest BCUT2D eigenvalue weighted by molar-refractivity contribution is 7.80. The minimum Gasteiger partial charge on any atom is -0.376 e. The minimum absolute atomic E-state index is 0.0140. The number of nitrogens with one attached hydrogen (secondary N) is 2. The molecule has 3 aromatic rings. The van der Waals surface area contributed by atoms with E-state index in [-0.39, 0.29) is 65.6 Å². The zero-order valence-corrected chi connectivity index (χ0v) is 54.6. The summed E-state index contributed by atoms with van der Waals surface area (Å²) in [5.41, 5.74) is 22.1. The predicted molar refractivity (Wildman–Crippen MR) is 356 cm³/mol. The average molecular weight is 1180 g/mol. The third-order valence-corrected chi connectivity index (χ3v) is 29.9. The summed E-state index contributed by atoms with van der Waals surface area (Å²) < 4.78 is 0. The zero-order chi connectivity index (χ0) is 57.8. The van der Waals surface area contributed by atoms with Crippen LogP contribution < -0.4 is 22.1 Å². The Hall–Kier alpha value is -2.79. The molecule has 0 aromatic heterocycles. The van der Waals surface area contributed by atoms with Crippen LogP contribution >= 0.6 is 36.7 Å². The summed E-state index contributed by atoms with van der Waals surface area (Å²) in [6.45, 7) is 19.2. The third-order valence-electron chi connectivity index (χ3n) is 28.1. The third kappa shape index (κ3) is 8.68. The molecule has 14 bridgehead atoms. The van der Waals surface area contributed by atoms with E-state index in [9.17, 15) is 0 Å². The molecule has 6 N–H and O–H groups in total. The number of fused-ring (bicyclic) bond motifs is 3. The van der Waals surface area contributed by atoms with Crippen molar-refractivity contribution in [2.24, 2.45) is 67.1 Å². The molecule has 84 heavy (non-hydrogen) atoms. The first-order valence-corrected chi connectivity index (χ1v) is 35.6. The van der Waals surface area contributed by atoms with Gasteiger partial charge in [-0.25, -0.2) is 0 Å². The van der Waals surface area contributed by atoms with Crippen molar-refractivity contribution >= 4 is 51.6 Å². The summed E-state index contributed by atoms with van der Waals surface area (Å²) in [4.78, 5) is 9.03. The van der Waals surface area contributed by atoms with Crippen molar-refractivity contribution in [3.63, 3.8) is 0 Å². The van der Waals surface area contributed by atoms with E-state index in [1.807, 2.05) is 0 Å². The summed E-state index contributed by atoms with van der Waals surface area (Å²) in [6.07, 6.45) is 30.8. The Balaban J connectivity index is 0.744. The van der Waals surface area contributed by atoms with Crippen LogP contribution in [0, 0.1) is 55.7 Å². The molecule has 4 saturated heterocycles. The number of hydrogen-bond donors (Lipinski definition) is 4. The number of hydrogen-bond acceptors (Lipinski definition) is 6. The lowest BCUT2D eigenvalue weighted by molar-refractivity contribution is -0.107. The quantitative estimate of drug-likeness (QED) is 0.140. The van der Waals surface area contributed by atoms with E-state index < -0.39 is 0 Å². The van der Waals surface area contributed by atoms with Crippen LogP contribution in [0.3, 0.4) is 0 Å². The highest BCUT2D eigenvalue weighted by Crippen LogP contribution is 2.77. The Morgan fingerprint density at radius 1 is 0.488 bits per heavy atom. The van der Waals surface area contributed by atoms with Crippen LogP contribution in [0.4, 0.5) is 0 Å². The maximum atomic E-state index is 7.02. The van der Waals surface area contributed by atoms with Gasteiger partial charge in [-0.2, -0.15) is 0 Å². The number of nitrogens with two attached hydrogens (primary N) is 2. The molecule has 6 nitrogen and oxygen atoms in total. The second-order valence-corrected chi connectivity index (χ2v) is 36.8. The van der Waals surface area contributed by atoms with E-state index in [4.69, 9.17) is 48.1 Å². The van der Waals surface area contributed by atoms with Crippen molar-refractivity contribution in [2.75, 3.05) is 39.3 Å². The Bertz CT molecular complexity index is 3150. The van der Waals surface area contributed by atoms with Gasteiger partial charge in [0.05, 0.1) is 15.0 Å². The van der Waals surface area contributed by atoms with Crippen molar-refractivity contribution < 1.29 is 0 Å². The van der Waals surface area contributed by atoms with Crippen LogP contribution in [0.15, 0.2) is 78.9 Å². The number of likely N-dealkylation sites (tertiary alicyclic amines) is 1. The molecule has 3 aromatic carbocycles. The molecule has 20 rings (SSSR count). The van der Waals surface area contributed by atoms with Gasteiger partial charge >= 0.3 is 0 Å². The zero-order valence-electron chi connectivity index (χ0n) is 52.2. The topological polar surface area (TPSA) is 82.6 Å². The van der Waals surface area contributed by atoms with Gasteiger partial charge in [0.1, 0.15) is 0 Å². The van der Waals surface area contributed by atoms with Crippen molar-refractivity contribution in [1.29, 1.82) is 0 Å². The summed E-state index contributed by atoms with van der Waals surface area (Å²) in [5, 5.41) is 8.43. The van der Waals surface area contributed by atoms with Gasteiger partial charge in [0.25, 0.3) is 0 Å². The molecule has 13 saturated carbocycles. The fourth-order valence-electron chi connectivity index (χ4n) is 26.8. The molecule has 4 aliphatic heterocycles. The van der Waals surface area contributed by atoms with Crippen LogP contribution in [-0.4, -0.2) is 82.2 Å². The summed E-state index contributed by atoms with van der Waals surface area (Å²) >= 11 is 20.6. The molecular weight excluding hydrogens is 1080 g/mol. The lowest BCUT2D eigenvalue weighted by Gasteiger charge is -2.71.